The number of aliphatic hydroxyl groups is 2. The number of aliphatic hydroxyl groups excluding tert-OH is 1. The van der Waals surface area contributed by atoms with Gasteiger partial charge in [0.15, 0.2) is 0 Å². The van der Waals surface area contributed by atoms with Gasteiger partial charge in [0, 0.05) is 24.7 Å². The van der Waals surface area contributed by atoms with E-state index in [4.69, 9.17) is 5.11 Å². The topological polar surface area (TPSA) is 94.8 Å². The lowest BCUT2D eigenvalue weighted by atomic mass is 9.87. The molecular formula is C21H36O5. The summed E-state index contributed by atoms with van der Waals surface area (Å²) in [5.41, 5.74) is -0.901. The lowest BCUT2D eigenvalue weighted by molar-refractivity contribution is -0.137. The van der Waals surface area contributed by atoms with E-state index in [0.717, 1.165) is 44.9 Å². The molecular weight excluding hydrogens is 332 g/mol. The molecule has 0 radical (unpaired) electrons. The minimum Gasteiger partial charge on any atom is -0.481 e. The van der Waals surface area contributed by atoms with Crippen molar-refractivity contribution in [1.29, 1.82) is 0 Å². The molecule has 0 bridgehead atoms. The largest absolute Gasteiger partial charge is 0.481 e. The van der Waals surface area contributed by atoms with Crippen molar-refractivity contribution in [2.45, 2.75) is 96.2 Å². The Morgan fingerprint density at radius 2 is 1.88 bits per heavy atom. The summed E-state index contributed by atoms with van der Waals surface area (Å²) in [6.45, 7) is 3.90. The van der Waals surface area contributed by atoms with Gasteiger partial charge in [0.25, 0.3) is 0 Å². The monoisotopic (exact) mass is 368 g/mol. The van der Waals surface area contributed by atoms with Gasteiger partial charge in [0.2, 0.25) is 0 Å². The SMILES string of the molecule is CCCCC[C@](C)(O)/C=C/[C@H]1[C@H](O)CC(=O)[C@@H]1CCCCCCC(=O)O. The molecule has 4 atom stereocenters. The molecule has 0 aromatic carbocycles. The summed E-state index contributed by atoms with van der Waals surface area (Å²) in [4.78, 5) is 22.7. The zero-order chi connectivity index (χ0) is 19.6. The van der Waals surface area contributed by atoms with E-state index in [1.807, 2.05) is 6.08 Å². The summed E-state index contributed by atoms with van der Waals surface area (Å²) < 4.78 is 0. The van der Waals surface area contributed by atoms with E-state index in [1.165, 1.54) is 0 Å². The normalized spacial score (nSPS) is 25.7. The molecule has 0 aromatic heterocycles. The lowest BCUT2D eigenvalue weighted by Gasteiger charge is -2.22. The zero-order valence-electron chi connectivity index (χ0n) is 16.3. The fraction of sp³-hybridized carbons (Fsp3) is 0.810. The van der Waals surface area contributed by atoms with Gasteiger partial charge in [-0.25, -0.2) is 0 Å². The molecule has 1 rings (SSSR count). The average Bonchev–Trinajstić information content (AvgIpc) is 2.82. The first-order valence-electron chi connectivity index (χ1n) is 10.1. The van der Waals surface area contributed by atoms with E-state index in [-0.39, 0.29) is 30.5 Å². The Morgan fingerprint density at radius 3 is 2.54 bits per heavy atom. The van der Waals surface area contributed by atoms with E-state index in [0.29, 0.717) is 12.8 Å². The van der Waals surface area contributed by atoms with Crippen molar-refractivity contribution < 1.29 is 24.9 Å². The van der Waals surface area contributed by atoms with Crippen molar-refractivity contribution in [2.75, 3.05) is 0 Å². The molecule has 5 nitrogen and oxygen atoms in total. The number of carbonyl (C=O) groups excluding carboxylic acids is 1. The number of ketones is 1. The van der Waals surface area contributed by atoms with Crippen molar-refractivity contribution in [3.63, 3.8) is 0 Å². The van der Waals surface area contributed by atoms with Gasteiger partial charge in [-0.05, 0) is 26.2 Å². The van der Waals surface area contributed by atoms with Crippen LogP contribution in [0.25, 0.3) is 0 Å². The number of Topliss-reactive ketones (excluding diaryl/α,β-unsaturated/α-hetero) is 1. The van der Waals surface area contributed by atoms with Crippen molar-refractivity contribution in [3.8, 4) is 0 Å². The van der Waals surface area contributed by atoms with E-state index >= 15 is 0 Å². The Bertz CT molecular complexity index is 469. The quantitative estimate of drug-likeness (QED) is 0.339. The van der Waals surface area contributed by atoms with Crippen LogP contribution in [-0.2, 0) is 9.59 Å². The zero-order valence-corrected chi connectivity index (χ0v) is 16.3. The van der Waals surface area contributed by atoms with Crippen molar-refractivity contribution in [2.24, 2.45) is 11.8 Å². The highest BCUT2D eigenvalue weighted by molar-refractivity contribution is 5.84. The number of rotatable bonds is 13. The fourth-order valence-electron chi connectivity index (χ4n) is 3.72. The summed E-state index contributed by atoms with van der Waals surface area (Å²) in [6, 6.07) is 0. The van der Waals surface area contributed by atoms with Crippen LogP contribution in [0.4, 0.5) is 0 Å². The molecule has 0 aliphatic heterocycles. The maximum Gasteiger partial charge on any atom is 0.303 e. The maximum atomic E-state index is 12.2. The van der Waals surface area contributed by atoms with Crippen LogP contribution >= 0.6 is 0 Å². The molecule has 150 valence electrons. The third-order valence-corrected chi connectivity index (χ3v) is 5.35. The molecule has 1 fully saturated rings. The van der Waals surface area contributed by atoms with Crippen LogP contribution in [0.1, 0.15) is 84.5 Å². The van der Waals surface area contributed by atoms with E-state index in [1.54, 1.807) is 13.0 Å². The number of hydrogen-bond donors (Lipinski definition) is 3. The summed E-state index contributed by atoms with van der Waals surface area (Å²) in [5.74, 6) is -1.08. The average molecular weight is 369 g/mol. The van der Waals surface area contributed by atoms with Crippen LogP contribution in [0.3, 0.4) is 0 Å². The fourth-order valence-corrected chi connectivity index (χ4v) is 3.72. The van der Waals surface area contributed by atoms with Crippen LogP contribution in [0.15, 0.2) is 12.2 Å². The van der Waals surface area contributed by atoms with Gasteiger partial charge in [-0.15, -0.1) is 0 Å². The van der Waals surface area contributed by atoms with Crippen molar-refractivity contribution >= 4 is 11.8 Å². The predicted octanol–water partition coefficient (Wildman–Crippen LogP) is 3.87. The van der Waals surface area contributed by atoms with E-state index in [9.17, 15) is 19.8 Å². The minimum atomic E-state index is -0.901. The molecule has 0 amide bonds. The molecule has 0 aromatic rings. The Labute approximate surface area is 157 Å². The highest BCUT2D eigenvalue weighted by Crippen LogP contribution is 2.35. The molecule has 0 saturated heterocycles. The van der Waals surface area contributed by atoms with Crippen LogP contribution in [0, 0.1) is 11.8 Å². The second-order valence-electron chi connectivity index (χ2n) is 7.94. The molecule has 0 heterocycles. The second kappa shape index (κ2) is 11.5. The molecule has 0 unspecified atom stereocenters. The number of carboxylic acids is 1. The molecule has 1 aliphatic rings. The van der Waals surface area contributed by atoms with Gasteiger partial charge >= 0.3 is 5.97 Å². The van der Waals surface area contributed by atoms with Crippen molar-refractivity contribution in [3.05, 3.63) is 12.2 Å². The lowest BCUT2D eigenvalue weighted by Crippen LogP contribution is -2.23. The smallest absolute Gasteiger partial charge is 0.303 e. The first kappa shape index (κ1) is 22.8. The van der Waals surface area contributed by atoms with Crippen LogP contribution < -0.4 is 0 Å². The first-order chi connectivity index (χ1) is 12.3. The van der Waals surface area contributed by atoms with Crippen LogP contribution in [0.5, 0.6) is 0 Å². The Morgan fingerprint density at radius 1 is 1.19 bits per heavy atom. The van der Waals surface area contributed by atoms with Gasteiger partial charge in [-0.1, -0.05) is 57.6 Å². The molecule has 26 heavy (non-hydrogen) atoms. The van der Waals surface area contributed by atoms with E-state index in [2.05, 4.69) is 6.92 Å². The molecule has 3 N–H and O–H groups in total. The summed E-state index contributed by atoms with van der Waals surface area (Å²) in [6.07, 6.45) is 11.1. The standard InChI is InChI=1S/C21H36O5/c1-3-4-9-13-21(2,26)14-12-17-16(18(22)15-19(17)23)10-7-5-6-8-11-20(24)25/h12,14,16-17,19,23,26H,3-11,13,15H2,1-2H3,(H,24,25)/b14-12+/t16-,17-,19-,21+/m1/s1. The third-order valence-electron chi connectivity index (χ3n) is 5.35. The second-order valence-corrected chi connectivity index (χ2v) is 7.94. The van der Waals surface area contributed by atoms with Gasteiger partial charge < -0.3 is 15.3 Å². The Balaban J connectivity index is 2.49. The summed E-state index contributed by atoms with van der Waals surface area (Å²) in [7, 11) is 0. The highest BCUT2D eigenvalue weighted by Gasteiger charge is 2.39. The summed E-state index contributed by atoms with van der Waals surface area (Å²) >= 11 is 0. The van der Waals surface area contributed by atoms with Crippen LogP contribution in [0.2, 0.25) is 0 Å². The first-order valence-corrected chi connectivity index (χ1v) is 10.1. The van der Waals surface area contributed by atoms with Gasteiger partial charge in [0.1, 0.15) is 5.78 Å². The number of carbonyl (C=O) groups is 2. The number of hydrogen-bond acceptors (Lipinski definition) is 4. The molecule has 1 saturated carbocycles. The predicted molar refractivity (Wildman–Crippen MR) is 102 cm³/mol. The van der Waals surface area contributed by atoms with Gasteiger partial charge in [-0.2, -0.15) is 0 Å². The number of aliphatic carboxylic acids is 1. The number of unbranched alkanes of at least 4 members (excludes halogenated alkanes) is 5. The summed E-state index contributed by atoms with van der Waals surface area (Å²) in [5, 5.41) is 29.3. The van der Waals surface area contributed by atoms with E-state index < -0.39 is 17.7 Å². The Kier molecular flexibility index (Phi) is 10.1. The number of carboxylic acid groups (broad SMARTS) is 1. The third kappa shape index (κ3) is 8.45. The van der Waals surface area contributed by atoms with Crippen LogP contribution in [-0.4, -0.2) is 38.8 Å². The van der Waals surface area contributed by atoms with Gasteiger partial charge in [-0.3, -0.25) is 9.59 Å². The van der Waals surface area contributed by atoms with Gasteiger partial charge in [0.05, 0.1) is 11.7 Å². The molecule has 0 spiro atoms. The maximum absolute atomic E-state index is 12.2. The highest BCUT2D eigenvalue weighted by atomic mass is 16.4. The minimum absolute atomic E-state index is 0.100. The van der Waals surface area contributed by atoms with Crippen molar-refractivity contribution in [1.82, 2.24) is 0 Å². The molecule has 5 heteroatoms. The molecule has 1 aliphatic carbocycles. The Hall–Kier alpha value is -1.20.